The molecule has 1 saturated carbocycles. The Morgan fingerprint density at radius 2 is 1.35 bits per heavy atom. The second-order valence-corrected chi connectivity index (χ2v) is 15.1. The lowest BCUT2D eigenvalue weighted by Gasteiger charge is -2.34. The molecule has 0 amide bonds. The minimum atomic E-state index is -0.857. The van der Waals surface area contributed by atoms with Crippen molar-refractivity contribution in [3.8, 4) is 22.5 Å². The summed E-state index contributed by atoms with van der Waals surface area (Å²) < 4.78 is 2.18. The molecular formula is C47H48ClN7. The first-order valence-electron chi connectivity index (χ1n) is 19.7. The van der Waals surface area contributed by atoms with Crippen molar-refractivity contribution in [3.05, 3.63) is 178 Å². The molecule has 0 unspecified atom stereocenters. The van der Waals surface area contributed by atoms with Crippen LogP contribution >= 0.6 is 11.6 Å². The van der Waals surface area contributed by atoms with Crippen LogP contribution in [-0.4, -0.2) is 29.8 Å². The summed E-state index contributed by atoms with van der Waals surface area (Å²) in [7, 11) is 0. The van der Waals surface area contributed by atoms with Gasteiger partial charge in [-0.25, -0.2) is 4.98 Å². The Labute approximate surface area is 329 Å². The van der Waals surface area contributed by atoms with Crippen LogP contribution in [0.5, 0.6) is 0 Å². The average Bonchev–Trinajstić information content (AvgIpc) is 3.86. The van der Waals surface area contributed by atoms with Crippen molar-refractivity contribution in [1.29, 1.82) is 0 Å². The molecule has 5 aromatic carbocycles. The molecule has 8 heteroatoms. The van der Waals surface area contributed by atoms with Gasteiger partial charge in [-0.3, -0.25) is 0 Å². The second-order valence-electron chi connectivity index (χ2n) is 14.7. The highest BCUT2D eigenvalue weighted by Gasteiger charge is 2.41. The summed E-state index contributed by atoms with van der Waals surface area (Å²) in [5.74, 6) is 2.16. The average molecular weight is 746 g/mol. The highest BCUT2D eigenvalue weighted by molar-refractivity contribution is 6.30. The molecule has 7 nitrogen and oxygen atoms in total. The van der Waals surface area contributed by atoms with E-state index in [2.05, 4.69) is 144 Å². The molecule has 0 bridgehead atoms. The van der Waals surface area contributed by atoms with Crippen LogP contribution in [0.1, 0.15) is 97.1 Å². The molecule has 0 saturated heterocycles. The monoisotopic (exact) mass is 745 g/mol. The van der Waals surface area contributed by atoms with Crippen molar-refractivity contribution < 1.29 is 0 Å². The van der Waals surface area contributed by atoms with Crippen molar-refractivity contribution in [3.63, 3.8) is 0 Å². The predicted octanol–water partition coefficient (Wildman–Crippen LogP) is 10.6. The number of benzene rings is 5. The van der Waals surface area contributed by atoms with E-state index in [1.54, 1.807) is 0 Å². The first-order valence-corrected chi connectivity index (χ1v) is 20.1. The van der Waals surface area contributed by atoms with E-state index in [1.807, 2.05) is 10.9 Å². The van der Waals surface area contributed by atoms with Crippen LogP contribution < -0.4 is 5.73 Å². The zero-order chi connectivity index (χ0) is 37.6. The van der Waals surface area contributed by atoms with Gasteiger partial charge in [-0.15, -0.1) is 15.0 Å². The van der Waals surface area contributed by atoms with Gasteiger partial charge in [-0.2, -0.15) is 0 Å². The van der Waals surface area contributed by atoms with E-state index in [0.717, 1.165) is 69.7 Å². The van der Waals surface area contributed by atoms with Crippen LogP contribution in [0.2, 0.25) is 5.15 Å². The largest absolute Gasteiger partial charge is 0.325 e. The molecular weight excluding hydrogens is 698 g/mol. The SMILES string of the molecule is CCCCc1nc(Cl)c(CN)n1Cc1ccc(-c2ccccc2-c2nnn(C(c3ccccc3)(c3ccccc3)c3ccc(C4CCCCC4)cc3)n2)cc1. The van der Waals surface area contributed by atoms with Gasteiger partial charge in [0.25, 0.3) is 0 Å². The number of hydrogen-bond acceptors (Lipinski definition) is 5. The summed E-state index contributed by atoms with van der Waals surface area (Å²) >= 11 is 6.52. The van der Waals surface area contributed by atoms with Gasteiger partial charge in [0.1, 0.15) is 5.82 Å². The number of nitrogens with two attached hydrogens (primary N) is 1. The van der Waals surface area contributed by atoms with E-state index in [-0.39, 0.29) is 0 Å². The van der Waals surface area contributed by atoms with Gasteiger partial charge in [0, 0.05) is 25.1 Å². The topological polar surface area (TPSA) is 87.4 Å². The Balaban J connectivity index is 1.18. The Morgan fingerprint density at radius 3 is 1.98 bits per heavy atom. The van der Waals surface area contributed by atoms with E-state index >= 15 is 0 Å². The second kappa shape index (κ2) is 16.6. The van der Waals surface area contributed by atoms with Gasteiger partial charge >= 0.3 is 0 Å². The number of nitrogens with zero attached hydrogens (tertiary/aromatic N) is 6. The molecule has 0 spiro atoms. The predicted molar refractivity (Wildman–Crippen MR) is 222 cm³/mol. The van der Waals surface area contributed by atoms with E-state index in [9.17, 15) is 0 Å². The van der Waals surface area contributed by atoms with Crippen molar-refractivity contribution in [2.45, 2.75) is 82.8 Å². The first-order chi connectivity index (χ1) is 27.1. The third kappa shape index (κ3) is 7.27. The lowest BCUT2D eigenvalue weighted by Crippen LogP contribution is -2.39. The summed E-state index contributed by atoms with van der Waals surface area (Å²) in [5, 5.41) is 15.4. The molecule has 2 aromatic heterocycles. The highest BCUT2D eigenvalue weighted by Crippen LogP contribution is 2.42. The zero-order valence-corrected chi connectivity index (χ0v) is 32.2. The number of tetrazole rings is 1. The first kappa shape index (κ1) is 36.6. The van der Waals surface area contributed by atoms with Crippen molar-refractivity contribution in [2.24, 2.45) is 5.73 Å². The van der Waals surface area contributed by atoms with Gasteiger partial charge in [-0.1, -0.05) is 178 Å². The van der Waals surface area contributed by atoms with Gasteiger partial charge in [0.05, 0.1) is 5.69 Å². The number of rotatable bonds is 13. The minimum absolute atomic E-state index is 0.346. The molecule has 2 heterocycles. The number of hydrogen-bond donors (Lipinski definition) is 1. The molecule has 1 aliphatic rings. The van der Waals surface area contributed by atoms with E-state index < -0.39 is 5.54 Å². The molecule has 8 rings (SSSR count). The van der Waals surface area contributed by atoms with E-state index in [4.69, 9.17) is 32.7 Å². The molecule has 1 fully saturated rings. The number of unbranched alkanes of at least 4 members (excludes halogenated alkanes) is 1. The fourth-order valence-corrected chi connectivity index (χ4v) is 8.69. The summed E-state index contributed by atoms with van der Waals surface area (Å²) in [6.07, 6.45) is 9.47. The summed E-state index contributed by atoms with van der Waals surface area (Å²) in [4.78, 5) is 6.48. The zero-order valence-electron chi connectivity index (χ0n) is 31.5. The van der Waals surface area contributed by atoms with Gasteiger partial charge in [-0.05, 0) is 69.3 Å². The van der Waals surface area contributed by atoms with Crippen molar-refractivity contribution in [1.82, 2.24) is 29.8 Å². The molecule has 2 N–H and O–H groups in total. The maximum atomic E-state index is 6.52. The lowest BCUT2D eigenvalue weighted by atomic mass is 9.76. The molecule has 278 valence electrons. The molecule has 0 atom stereocenters. The number of halogens is 1. The molecule has 1 aliphatic carbocycles. The van der Waals surface area contributed by atoms with Gasteiger partial charge < -0.3 is 10.3 Å². The van der Waals surface area contributed by atoms with Crippen LogP contribution in [0, 0.1) is 0 Å². The highest BCUT2D eigenvalue weighted by atomic mass is 35.5. The van der Waals surface area contributed by atoms with Crippen LogP contribution in [0.3, 0.4) is 0 Å². The number of aromatic nitrogens is 6. The molecule has 0 radical (unpaired) electrons. The number of aryl methyl sites for hydroxylation is 1. The number of imidazole rings is 1. The fourth-order valence-electron chi connectivity index (χ4n) is 8.42. The van der Waals surface area contributed by atoms with Crippen LogP contribution in [-0.2, 0) is 25.0 Å². The maximum absolute atomic E-state index is 6.52. The molecule has 55 heavy (non-hydrogen) atoms. The normalized spacial score (nSPS) is 13.7. The minimum Gasteiger partial charge on any atom is -0.325 e. The lowest BCUT2D eigenvalue weighted by molar-refractivity contribution is 0.395. The summed E-state index contributed by atoms with van der Waals surface area (Å²) in [6.45, 7) is 3.19. The standard InChI is InChI=1S/C47H48ClN7/c1-2-3-23-44-50-45(48)43(32-49)54(44)33-34-24-26-37(27-25-34)41-21-13-14-22-42(41)46-51-53-55(52-46)47(38-17-9-5-10-18-38,39-19-11-6-12-20-39)40-30-28-36(29-31-40)35-15-7-4-8-16-35/h5-6,9-14,17-22,24-31,35H,2-4,7-8,15-16,23,32-33,49H2,1H3. The van der Waals surface area contributed by atoms with E-state index in [1.165, 1.54) is 37.7 Å². The quantitative estimate of drug-likeness (QED) is 0.119. The van der Waals surface area contributed by atoms with Crippen LogP contribution in [0.4, 0.5) is 0 Å². The van der Waals surface area contributed by atoms with Crippen LogP contribution in [0.25, 0.3) is 22.5 Å². The Kier molecular flexibility index (Phi) is 11.0. The molecule has 7 aromatic rings. The van der Waals surface area contributed by atoms with Crippen molar-refractivity contribution in [2.75, 3.05) is 0 Å². The van der Waals surface area contributed by atoms with Crippen LogP contribution in [0.15, 0.2) is 133 Å². The summed E-state index contributed by atoms with van der Waals surface area (Å²) in [5.41, 5.74) is 14.9. The third-order valence-electron chi connectivity index (χ3n) is 11.3. The van der Waals surface area contributed by atoms with E-state index in [0.29, 0.717) is 30.0 Å². The molecule has 0 aliphatic heterocycles. The van der Waals surface area contributed by atoms with Gasteiger partial charge in [0.15, 0.2) is 10.7 Å². The Morgan fingerprint density at radius 1 is 0.727 bits per heavy atom. The Bertz CT molecular complexity index is 2270. The van der Waals surface area contributed by atoms with Crippen molar-refractivity contribution >= 4 is 11.6 Å². The smallest absolute Gasteiger partial charge is 0.205 e. The summed E-state index contributed by atoms with van der Waals surface area (Å²) in [6, 6.07) is 47.3. The Hall–Kier alpha value is -5.37. The van der Waals surface area contributed by atoms with Gasteiger partial charge in [0.2, 0.25) is 5.82 Å². The maximum Gasteiger partial charge on any atom is 0.205 e. The third-order valence-corrected chi connectivity index (χ3v) is 11.6. The fraction of sp³-hybridized carbons (Fsp3) is 0.277.